The number of hydrogen-bond donors (Lipinski definition) is 0. The van der Waals surface area contributed by atoms with Gasteiger partial charge in [0.25, 0.3) is 0 Å². The lowest BCUT2D eigenvalue weighted by Gasteiger charge is -2.01. The van der Waals surface area contributed by atoms with E-state index in [0.29, 0.717) is 6.54 Å². The Morgan fingerprint density at radius 3 is 2.56 bits per heavy atom. The number of carbonyl (C=O) groups excluding carboxylic acids is 1. The molecule has 0 aliphatic heterocycles. The number of ketones is 1. The first kappa shape index (κ1) is 10.5. The highest BCUT2D eigenvalue weighted by molar-refractivity contribution is 5.90. The number of benzene rings is 1. The maximum absolute atomic E-state index is 11.2. The molecule has 0 saturated carbocycles. The van der Waals surface area contributed by atoms with Crippen LogP contribution in [-0.4, -0.2) is 20.5 Å². The summed E-state index contributed by atoms with van der Waals surface area (Å²) in [5.41, 5.74) is 0.976. The van der Waals surface area contributed by atoms with Gasteiger partial charge in [-0.15, -0.1) is 5.10 Å². The maximum atomic E-state index is 11.2. The number of Topliss-reactive ketones (excluding diaryl/α,β-unsaturated/α-hetero) is 1. The van der Waals surface area contributed by atoms with Gasteiger partial charge in [0.05, 0.1) is 0 Å². The average Bonchev–Trinajstić information content (AvgIpc) is 2.74. The molecule has 0 fully saturated rings. The lowest BCUT2D eigenvalue weighted by Crippen LogP contribution is -2.01. The lowest BCUT2D eigenvalue weighted by atomic mass is 10.2. The Morgan fingerprint density at radius 2 is 2.00 bits per heavy atom. The van der Waals surface area contributed by atoms with Crippen LogP contribution < -0.4 is 0 Å². The molecule has 0 bridgehead atoms. The van der Waals surface area contributed by atoms with Crippen LogP contribution >= 0.6 is 0 Å². The number of aryl methyl sites for hydroxylation is 1. The predicted octanol–water partition coefficient (Wildman–Crippen LogP) is 2.17. The Hall–Kier alpha value is -1.97. The molecular formula is C12H13N3O. The largest absolute Gasteiger partial charge is 0.291 e. The fourth-order valence-corrected chi connectivity index (χ4v) is 1.51. The van der Waals surface area contributed by atoms with Gasteiger partial charge in [-0.05, 0) is 6.92 Å². The van der Waals surface area contributed by atoms with Gasteiger partial charge in [-0.2, -0.15) is 0 Å². The van der Waals surface area contributed by atoms with Gasteiger partial charge in [0.2, 0.25) is 5.82 Å². The Labute approximate surface area is 93.9 Å². The summed E-state index contributed by atoms with van der Waals surface area (Å²) in [5, 5.41) is 4.16. The van der Waals surface area contributed by atoms with E-state index in [9.17, 15) is 4.79 Å². The third kappa shape index (κ3) is 1.86. The monoisotopic (exact) mass is 215 g/mol. The van der Waals surface area contributed by atoms with Gasteiger partial charge in [-0.3, -0.25) is 4.79 Å². The molecule has 0 atom stereocenters. The molecular weight excluding hydrogens is 202 g/mol. The molecule has 0 saturated heterocycles. The average molecular weight is 215 g/mol. The smallest absolute Gasteiger partial charge is 0.217 e. The van der Waals surface area contributed by atoms with E-state index in [1.54, 1.807) is 4.68 Å². The lowest BCUT2D eigenvalue weighted by molar-refractivity contribution is 0.100. The molecule has 1 heterocycles. The van der Waals surface area contributed by atoms with Crippen LogP contribution in [0.25, 0.3) is 11.4 Å². The minimum atomic E-state index is -0.107. The van der Waals surface area contributed by atoms with Gasteiger partial charge in [-0.25, -0.2) is 9.67 Å². The van der Waals surface area contributed by atoms with Gasteiger partial charge in [0.15, 0.2) is 11.6 Å². The van der Waals surface area contributed by atoms with E-state index in [4.69, 9.17) is 0 Å². The first-order valence-electron chi connectivity index (χ1n) is 5.23. The molecule has 0 spiro atoms. The van der Waals surface area contributed by atoms with Crippen molar-refractivity contribution in [3.05, 3.63) is 36.2 Å². The first-order chi connectivity index (χ1) is 7.72. The Balaban J connectivity index is 2.52. The van der Waals surface area contributed by atoms with Crippen LogP contribution in [0, 0.1) is 0 Å². The molecule has 0 unspecified atom stereocenters. The summed E-state index contributed by atoms with van der Waals surface area (Å²) >= 11 is 0. The fraction of sp³-hybridized carbons (Fsp3) is 0.250. The molecule has 2 rings (SSSR count). The van der Waals surface area contributed by atoms with Gasteiger partial charge in [-0.1, -0.05) is 30.3 Å². The van der Waals surface area contributed by atoms with Crippen molar-refractivity contribution in [3.8, 4) is 11.4 Å². The summed E-state index contributed by atoms with van der Waals surface area (Å²) in [6.07, 6.45) is 0. The second-order valence-electron chi connectivity index (χ2n) is 3.50. The number of aromatic nitrogens is 3. The van der Waals surface area contributed by atoms with Crippen LogP contribution in [0.1, 0.15) is 24.5 Å². The number of rotatable bonds is 3. The molecule has 0 aliphatic rings. The van der Waals surface area contributed by atoms with E-state index >= 15 is 0 Å². The highest BCUT2D eigenvalue weighted by Gasteiger charge is 2.12. The number of carbonyl (C=O) groups is 1. The quantitative estimate of drug-likeness (QED) is 0.737. The van der Waals surface area contributed by atoms with E-state index in [0.717, 1.165) is 11.4 Å². The van der Waals surface area contributed by atoms with E-state index in [1.807, 2.05) is 37.3 Å². The zero-order valence-electron chi connectivity index (χ0n) is 9.34. The first-order valence-corrected chi connectivity index (χ1v) is 5.23. The van der Waals surface area contributed by atoms with Crippen molar-refractivity contribution >= 4 is 5.78 Å². The third-order valence-electron chi connectivity index (χ3n) is 2.32. The maximum Gasteiger partial charge on any atom is 0.217 e. The van der Waals surface area contributed by atoms with Crippen molar-refractivity contribution in [2.45, 2.75) is 20.4 Å². The second kappa shape index (κ2) is 4.26. The zero-order chi connectivity index (χ0) is 11.5. The van der Waals surface area contributed by atoms with Crippen molar-refractivity contribution < 1.29 is 4.79 Å². The van der Waals surface area contributed by atoms with E-state index < -0.39 is 0 Å². The third-order valence-corrected chi connectivity index (χ3v) is 2.32. The Morgan fingerprint density at radius 1 is 1.31 bits per heavy atom. The summed E-state index contributed by atoms with van der Waals surface area (Å²) < 4.78 is 1.74. The standard InChI is InChI=1S/C12H13N3O/c1-3-15-12(10-7-5-4-6-8-10)13-11(14-15)9(2)16/h4-8H,3H2,1-2H3. The molecule has 4 heteroatoms. The van der Waals surface area contributed by atoms with Gasteiger partial charge >= 0.3 is 0 Å². The fourth-order valence-electron chi connectivity index (χ4n) is 1.51. The molecule has 2 aromatic rings. The highest BCUT2D eigenvalue weighted by Crippen LogP contribution is 2.16. The van der Waals surface area contributed by atoms with Gasteiger partial charge in [0, 0.05) is 19.0 Å². The molecule has 0 N–H and O–H groups in total. The Kier molecular flexibility index (Phi) is 2.81. The molecule has 0 radical (unpaired) electrons. The molecule has 4 nitrogen and oxygen atoms in total. The van der Waals surface area contributed by atoms with E-state index in [1.165, 1.54) is 6.92 Å². The van der Waals surface area contributed by atoms with Crippen LogP contribution in [0.2, 0.25) is 0 Å². The molecule has 82 valence electrons. The van der Waals surface area contributed by atoms with Crippen LogP contribution in [0.4, 0.5) is 0 Å². The Bertz CT molecular complexity index is 502. The number of nitrogens with zero attached hydrogens (tertiary/aromatic N) is 3. The minimum absolute atomic E-state index is 0.107. The summed E-state index contributed by atoms with van der Waals surface area (Å²) in [5.74, 6) is 0.915. The van der Waals surface area contributed by atoms with Crippen molar-refractivity contribution in [1.82, 2.24) is 14.8 Å². The normalized spacial score (nSPS) is 10.4. The van der Waals surface area contributed by atoms with Crippen molar-refractivity contribution in [1.29, 1.82) is 0 Å². The molecule has 0 aliphatic carbocycles. The summed E-state index contributed by atoms with van der Waals surface area (Å²) in [6, 6.07) is 9.75. The SMILES string of the molecule is CCn1nc(C(C)=O)nc1-c1ccccc1. The topological polar surface area (TPSA) is 47.8 Å². The van der Waals surface area contributed by atoms with E-state index in [2.05, 4.69) is 10.1 Å². The molecule has 1 aromatic heterocycles. The van der Waals surface area contributed by atoms with Crippen LogP contribution in [0.15, 0.2) is 30.3 Å². The summed E-state index contributed by atoms with van der Waals surface area (Å²) in [6.45, 7) is 4.15. The zero-order valence-corrected chi connectivity index (χ0v) is 9.34. The minimum Gasteiger partial charge on any atom is -0.291 e. The highest BCUT2D eigenvalue weighted by atomic mass is 16.1. The van der Waals surface area contributed by atoms with Crippen LogP contribution in [-0.2, 0) is 6.54 Å². The summed E-state index contributed by atoms with van der Waals surface area (Å²) in [4.78, 5) is 15.5. The summed E-state index contributed by atoms with van der Waals surface area (Å²) in [7, 11) is 0. The number of hydrogen-bond acceptors (Lipinski definition) is 3. The van der Waals surface area contributed by atoms with Crippen LogP contribution in [0.5, 0.6) is 0 Å². The second-order valence-corrected chi connectivity index (χ2v) is 3.50. The molecule has 0 amide bonds. The van der Waals surface area contributed by atoms with Crippen molar-refractivity contribution in [2.24, 2.45) is 0 Å². The predicted molar refractivity (Wildman–Crippen MR) is 61.1 cm³/mol. The van der Waals surface area contributed by atoms with E-state index in [-0.39, 0.29) is 11.6 Å². The molecule has 1 aromatic carbocycles. The van der Waals surface area contributed by atoms with Crippen LogP contribution in [0.3, 0.4) is 0 Å². The van der Waals surface area contributed by atoms with Gasteiger partial charge in [0.1, 0.15) is 0 Å². The van der Waals surface area contributed by atoms with Crippen molar-refractivity contribution in [2.75, 3.05) is 0 Å². The van der Waals surface area contributed by atoms with Crippen molar-refractivity contribution in [3.63, 3.8) is 0 Å². The molecule has 16 heavy (non-hydrogen) atoms. The van der Waals surface area contributed by atoms with Gasteiger partial charge < -0.3 is 0 Å².